The predicted octanol–water partition coefficient (Wildman–Crippen LogP) is 0.826. The summed E-state index contributed by atoms with van der Waals surface area (Å²) >= 11 is 1.53. The molecule has 24 heavy (non-hydrogen) atoms. The summed E-state index contributed by atoms with van der Waals surface area (Å²) in [6.07, 6.45) is 3.57. The summed E-state index contributed by atoms with van der Waals surface area (Å²) in [5.74, 6) is -1.10. The number of ether oxygens (including phenoxy) is 1. The zero-order valence-electron chi connectivity index (χ0n) is 13.1. The van der Waals surface area contributed by atoms with Crippen molar-refractivity contribution in [1.82, 2.24) is 25.5 Å². The first-order valence-corrected chi connectivity index (χ1v) is 8.36. The second-order valence-corrected chi connectivity index (χ2v) is 5.73. The molecule has 128 valence electrons. The third-order valence-electron chi connectivity index (χ3n) is 3.20. The standard InChI is InChI=1S/C14H16FN5O3S/c1-23-14(22)11(5-6-24-2)17-13(21)10-7-9(15)3-4-12(10)20-8-16-18-19-20/h3-4,7-8,11H,5-6H2,1-2H3,(H,17,21). The number of carbonyl (C=O) groups is 2. The number of halogens is 1. The van der Waals surface area contributed by atoms with Crippen LogP contribution in [0.15, 0.2) is 24.5 Å². The van der Waals surface area contributed by atoms with E-state index >= 15 is 0 Å². The third-order valence-corrected chi connectivity index (χ3v) is 3.84. The van der Waals surface area contributed by atoms with Crippen molar-refractivity contribution in [2.45, 2.75) is 12.5 Å². The van der Waals surface area contributed by atoms with Crippen LogP contribution in [0.3, 0.4) is 0 Å². The zero-order chi connectivity index (χ0) is 17.5. The first-order valence-electron chi connectivity index (χ1n) is 6.97. The highest BCUT2D eigenvalue weighted by atomic mass is 32.2. The van der Waals surface area contributed by atoms with Crippen molar-refractivity contribution in [2.75, 3.05) is 19.1 Å². The van der Waals surface area contributed by atoms with Crippen LogP contribution in [0.25, 0.3) is 5.69 Å². The van der Waals surface area contributed by atoms with Gasteiger partial charge >= 0.3 is 5.97 Å². The number of nitrogens with zero attached hydrogens (tertiary/aromatic N) is 4. The van der Waals surface area contributed by atoms with E-state index in [4.69, 9.17) is 4.74 Å². The number of rotatable bonds is 7. The minimum Gasteiger partial charge on any atom is -0.467 e. The van der Waals surface area contributed by atoms with Crippen molar-refractivity contribution in [3.8, 4) is 5.69 Å². The lowest BCUT2D eigenvalue weighted by Crippen LogP contribution is -2.42. The Morgan fingerprint density at radius 3 is 2.88 bits per heavy atom. The molecule has 1 unspecified atom stereocenters. The first-order chi connectivity index (χ1) is 11.6. The zero-order valence-corrected chi connectivity index (χ0v) is 13.9. The summed E-state index contributed by atoms with van der Waals surface area (Å²) in [6.45, 7) is 0. The van der Waals surface area contributed by atoms with Gasteiger partial charge in [0, 0.05) is 0 Å². The number of tetrazole rings is 1. The van der Waals surface area contributed by atoms with Gasteiger partial charge in [-0.3, -0.25) is 4.79 Å². The van der Waals surface area contributed by atoms with Crippen LogP contribution in [0.2, 0.25) is 0 Å². The van der Waals surface area contributed by atoms with Crippen molar-refractivity contribution in [3.05, 3.63) is 35.9 Å². The number of nitrogens with one attached hydrogen (secondary N) is 1. The van der Waals surface area contributed by atoms with Crippen molar-refractivity contribution < 1.29 is 18.7 Å². The summed E-state index contributed by atoms with van der Waals surface area (Å²) in [5.41, 5.74) is 0.313. The van der Waals surface area contributed by atoms with E-state index in [0.717, 1.165) is 6.07 Å². The summed E-state index contributed by atoms with van der Waals surface area (Å²) in [7, 11) is 1.25. The SMILES string of the molecule is COC(=O)C(CCSC)NC(=O)c1cc(F)ccc1-n1cnnn1. The van der Waals surface area contributed by atoms with Crippen molar-refractivity contribution in [3.63, 3.8) is 0 Å². The van der Waals surface area contributed by atoms with Gasteiger partial charge < -0.3 is 10.1 Å². The van der Waals surface area contributed by atoms with Crippen molar-refractivity contribution in [2.24, 2.45) is 0 Å². The Bertz CT molecular complexity index is 710. The maximum absolute atomic E-state index is 13.6. The highest BCUT2D eigenvalue weighted by molar-refractivity contribution is 7.98. The monoisotopic (exact) mass is 353 g/mol. The number of methoxy groups -OCH3 is 1. The van der Waals surface area contributed by atoms with Gasteiger partial charge in [-0.1, -0.05) is 0 Å². The fraction of sp³-hybridized carbons (Fsp3) is 0.357. The van der Waals surface area contributed by atoms with Crippen LogP contribution in [-0.4, -0.2) is 57.2 Å². The average Bonchev–Trinajstić information content (AvgIpc) is 3.11. The minimum atomic E-state index is -0.820. The third kappa shape index (κ3) is 4.28. The van der Waals surface area contributed by atoms with E-state index in [9.17, 15) is 14.0 Å². The maximum Gasteiger partial charge on any atom is 0.328 e. The number of hydrogen-bond donors (Lipinski definition) is 1. The topological polar surface area (TPSA) is 99.0 Å². The molecule has 0 fully saturated rings. The minimum absolute atomic E-state index is 0.0142. The fourth-order valence-electron chi connectivity index (χ4n) is 2.02. The predicted molar refractivity (Wildman–Crippen MR) is 85.4 cm³/mol. The van der Waals surface area contributed by atoms with E-state index in [0.29, 0.717) is 17.9 Å². The Kier molecular flexibility index (Phi) is 6.24. The molecule has 1 amide bonds. The lowest BCUT2D eigenvalue weighted by atomic mass is 10.1. The molecule has 1 aromatic heterocycles. The van der Waals surface area contributed by atoms with E-state index in [1.54, 1.807) is 0 Å². The molecule has 1 heterocycles. The summed E-state index contributed by atoms with van der Waals surface area (Å²) in [5, 5.41) is 13.3. The molecular formula is C14H16FN5O3S. The highest BCUT2D eigenvalue weighted by Crippen LogP contribution is 2.16. The summed E-state index contributed by atoms with van der Waals surface area (Å²) < 4.78 is 19.5. The highest BCUT2D eigenvalue weighted by Gasteiger charge is 2.24. The van der Waals surface area contributed by atoms with E-state index in [1.165, 1.54) is 42.0 Å². The van der Waals surface area contributed by atoms with Crippen LogP contribution >= 0.6 is 11.8 Å². The molecular weight excluding hydrogens is 337 g/mol. The molecule has 0 spiro atoms. The Balaban J connectivity index is 2.28. The second-order valence-electron chi connectivity index (χ2n) is 4.75. The Morgan fingerprint density at radius 2 is 2.25 bits per heavy atom. The van der Waals surface area contributed by atoms with Crippen molar-refractivity contribution in [1.29, 1.82) is 0 Å². The van der Waals surface area contributed by atoms with Gasteiger partial charge in [0.2, 0.25) is 0 Å². The molecule has 1 N–H and O–H groups in total. The van der Waals surface area contributed by atoms with E-state index in [-0.39, 0.29) is 5.56 Å². The Morgan fingerprint density at radius 1 is 1.46 bits per heavy atom. The van der Waals surface area contributed by atoms with E-state index < -0.39 is 23.7 Å². The molecule has 0 aliphatic heterocycles. The molecule has 0 saturated carbocycles. The Labute approximate surface area is 141 Å². The van der Waals surface area contributed by atoms with Gasteiger partial charge in [-0.2, -0.15) is 16.4 Å². The number of esters is 1. The van der Waals surface area contributed by atoms with Crippen LogP contribution in [0, 0.1) is 5.82 Å². The number of benzene rings is 1. The maximum atomic E-state index is 13.6. The molecule has 0 bridgehead atoms. The van der Waals surface area contributed by atoms with Crippen molar-refractivity contribution >= 4 is 23.6 Å². The molecule has 10 heteroatoms. The van der Waals surface area contributed by atoms with Gasteiger partial charge in [0.05, 0.1) is 18.4 Å². The van der Waals surface area contributed by atoms with Crippen LogP contribution in [0.1, 0.15) is 16.8 Å². The van der Waals surface area contributed by atoms with Gasteiger partial charge in [0.1, 0.15) is 18.2 Å². The van der Waals surface area contributed by atoms with Gasteiger partial charge in [-0.05, 0) is 47.1 Å². The van der Waals surface area contributed by atoms with Gasteiger partial charge in [0.15, 0.2) is 0 Å². The van der Waals surface area contributed by atoms with Gasteiger partial charge in [-0.25, -0.2) is 9.18 Å². The number of hydrogen-bond acceptors (Lipinski definition) is 7. The van der Waals surface area contributed by atoms with Crippen LogP contribution in [0.4, 0.5) is 4.39 Å². The van der Waals surface area contributed by atoms with E-state index in [1.807, 2.05) is 6.26 Å². The molecule has 0 aliphatic rings. The number of amides is 1. The lowest BCUT2D eigenvalue weighted by Gasteiger charge is -2.17. The molecule has 1 atom stereocenters. The quantitative estimate of drug-likeness (QED) is 0.736. The normalized spacial score (nSPS) is 11.8. The van der Waals surface area contributed by atoms with Crippen LogP contribution in [0.5, 0.6) is 0 Å². The fourth-order valence-corrected chi connectivity index (χ4v) is 2.50. The van der Waals surface area contributed by atoms with Gasteiger partial charge in [-0.15, -0.1) is 5.10 Å². The molecule has 0 saturated heterocycles. The van der Waals surface area contributed by atoms with Gasteiger partial charge in [0.25, 0.3) is 5.91 Å². The molecule has 1 aromatic carbocycles. The number of aromatic nitrogens is 4. The summed E-state index contributed by atoms with van der Waals surface area (Å²) in [4.78, 5) is 24.3. The molecule has 0 aliphatic carbocycles. The summed E-state index contributed by atoms with van der Waals surface area (Å²) in [6, 6.07) is 2.82. The molecule has 8 nitrogen and oxygen atoms in total. The Hall–Kier alpha value is -2.49. The second kappa shape index (κ2) is 8.39. The van der Waals surface area contributed by atoms with Crippen LogP contribution in [-0.2, 0) is 9.53 Å². The van der Waals surface area contributed by atoms with E-state index in [2.05, 4.69) is 20.8 Å². The smallest absolute Gasteiger partial charge is 0.328 e. The molecule has 2 rings (SSSR count). The lowest BCUT2D eigenvalue weighted by molar-refractivity contribution is -0.142. The number of carbonyl (C=O) groups excluding carboxylic acids is 2. The first kappa shape index (κ1) is 17.9. The largest absolute Gasteiger partial charge is 0.467 e. The molecule has 2 aromatic rings. The molecule has 0 radical (unpaired) electrons. The average molecular weight is 353 g/mol. The number of thioether (sulfide) groups is 1. The van der Waals surface area contributed by atoms with Crippen LogP contribution < -0.4 is 5.32 Å².